The van der Waals surface area contributed by atoms with Crippen LogP contribution in [-0.4, -0.2) is 5.16 Å². The van der Waals surface area contributed by atoms with E-state index in [4.69, 9.17) is 10.3 Å². The highest BCUT2D eigenvalue weighted by Crippen LogP contribution is 2.37. The van der Waals surface area contributed by atoms with E-state index in [1.54, 1.807) is 18.2 Å². The van der Waals surface area contributed by atoms with Crippen LogP contribution in [0.2, 0.25) is 0 Å². The molecule has 3 rings (SSSR count). The lowest BCUT2D eigenvalue weighted by molar-refractivity contribution is 0.439. The van der Waals surface area contributed by atoms with Crippen molar-refractivity contribution >= 4 is 21.8 Å². The van der Waals surface area contributed by atoms with Gasteiger partial charge in [-0.25, -0.2) is 4.39 Å². The standard InChI is InChI=1S/C15H10BrFN2O/c16-10-5-3-4-9(8-10)14-13(15(18)20-19-14)11-6-1-2-7-12(11)17/h1-8H,18H2. The molecule has 5 heteroatoms. The van der Waals surface area contributed by atoms with Gasteiger partial charge in [0.25, 0.3) is 0 Å². The number of nitrogen functional groups attached to an aromatic ring is 1. The van der Waals surface area contributed by atoms with Gasteiger partial charge in [-0.1, -0.05) is 51.4 Å². The SMILES string of the molecule is Nc1onc(-c2cccc(Br)c2)c1-c1ccccc1F. The summed E-state index contributed by atoms with van der Waals surface area (Å²) in [5.74, 6) is -0.260. The van der Waals surface area contributed by atoms with E-state index in [9.17, 15) is 4.39 Å². The molecule has 0 spiro atoms. The molecule has 0 bridgehead atoms. The Hall–Kier alpha value is -2.14. The molecule has 0 aliphatic rings. The van der Waals surface area contributed by atoms with Gasteiger partial charge in [-0.05, 0) is 18.2 Å². The number of aromatic nitrogens is 1. The molecule has 0 amide bonds. The minimum absolute atomic E-state index is 0.102. The number of nitrogens with zero attached hydrogens (tertiary/aromatic N) is 1. The van der Waals surface area contributed by atoms with Crippen molar-refractivity contribution in [2.45, 2.75) is 0 Å². The van der Waals surface area contributed by atoms with Gasteiger partial charge in [0.15, 0.2) is 0 Å². The van der Waals surface area contributed by atoms with E-state index in [0.717, 1.165) is 10.0 Å². The van der Waals surface area contributed by atoms with Crippen LogP contribution in [0.15, 0.2) is 57.5 Å². The summed E-state index contributed by atoms with van der Waals surface area (Å²) in [6.45, 7) is 0. The molecule has 0 saturated carbocycles. The molecule has 1 aromatic heterocycles. The Morgan fingerprint density at radius 3 is 2.65 bits per heavy atom. The molecule has 100 valence electrons. The predicted octanol–water partition coefficient (Wildman–Crippen LogP) is 4.49. The highest BCUT2D eigenvalue weighted by Gasteiger charge is 2.19. The van der Waals surface area contributed by atoms with Crippen LogP contribution in [0.3, 0.4) is 0 Å². The molecule has 3 aromatic rings. The van der Waals surface area contributed by atoms with Crippen molar-refractivity contribution in [1.29, 1.82) is 0 Å². The lowest BCUT2D eigenvalue weighted by Crippen LogP contribution is -1.90. The van der Waals surface area contributed by atoms with E-state index in [-0.39, 0.29) is 11.7 Å². The second-order valence-electron chi connectivity index (χ2n) is 4.26. The molecule has 0 aliphatic heterocycles. The van der Waals surface area contributed by atoms with E-state index < -0.39 is 0 Å². The first-order valence-corrected chi connectivity index (χ1v) is 6.72. The van der Waals surface area contributed by atoms with E-state index >= 15 is 0 Å². The summed E-state index contributed by atoms with van der Waals surface area (Å²) >= 11 is 3.40. The van der Waals surface area contributed by atoms with Gasteiger partial charge in [0.1, 0.15) is 11.5 Å². The Labute approximate surface area is 123 Å². The minimum atomic E-state index is -0.362. The number of benzene rings is 2. The number of hydrogen-bond donors (Lipinski definition) is 1. The van der Waals surface area contributed by atoms with Gasteiger partial charge >= 0.3 is 0 Å². The average molecular weight is 333 g/mol. The van der Waals surface area contributed by atoms with Crippen LogP contribution in [0.5, 0.6) is 0 Å². The van der Waals surface area contributed by atoms with Crippen molar-refractivity contribution in [3.05, 3.63) is 58.8 Å². The van der Waals surface area contributed by atoms with E-state index in [1.807, 2.05) is 24.3 Å². The molecule has 20 heavy (non-hydrogen) atoms. The normalized spacial score (nSPS) is 10.7. The van der Waals surface area contributed by atoms with Crippen LogP contribution >= 0.6 is 15.9 Å². The fraction of sp³-hybridized carbons (Fsp3) is 0. The minimum Gasteiger partial charge on any atom is -0.367 e. The molecule has 0 unspecified atom stereocenters. The Bertz CT molecular complexity index is 770. The Balaban J connectivity index is 2.23. The number of hydrogen-bond acceptors (Lipinski definition) is 3. The van der Waals surface area contributed by atoms with Crippen molar-refractivity contribution in [2.75, 3.05) is 5.73 Å². The summed E-state index contributed by atoms with van der Waals surface area (Å²) in [6, 6.07) is 13.9. The monoisotopic (exact) mass is 332 g/mol. The maximum absolute atomic E-state index is 14.0. The van der Waals surface area contributed by atoms with Crippen LogP contribution in [0.1, 0.15) is 0 Å². The summed E-state index contributed by atoms with van der Waals surface area (Å²) in [7, 11) is 0. The van der Waals surface area contributed by atoms with Crippen molar-refractivity contribution in [1.82, 2.24) is 5.16 Å². The summed E-state index contributed by atoms with van der Waals surface area (Å²) in [5.41, 5.74) is 7.99. The Morgan fingerprint density at radius 2 is 1.90 bits per heavy atom. The maximum Gasteiger partial charge on any atom is 0.230 e. The molecule has 0 atom stereocenters. The number of halogens is 2. The van der Waals surface area contributed by atoms with E-state index in [0.29, 0.717) is 16.8 Å². The Kier molecular flexibility index (Phi) is 3.28. The lowest BCUT2D eigenvalue weighted by Gasteiger charge is -2.04. The van der Waals surface area contributed by atoms with Gasteiger partial charge in [-0.2, -0.15) is 0 Å². The zero-order chi connectivity index (χ0) is 14.1. The molecule has 0 aliphatic carbocycles. The van der Waals surface area contributed by atoms with Crippen molar-refractivity contribution in [2.24, 2.45) is 0 Å². The summed E-state index contributed by atoms with van der Waals surface area (Å²) < 4.78 is 19.9. The molecule has 0 saturated heterocycles. The van der Waals surface area contributed by atoms with Gasteiger partial charge in [0.2, 0.25) is 5.88 Å². The molecule has 3 nitrogen and oxygen atoms in total. The number of anilines is 1. The third-order valence-corrected chi connectivity index (χ3v) is 3.45. The highest BCUT2D eigenvalue weighted by atomic mass is 79.9. The quantitative estimate of drug-likeness (QED) is 0.752. The van der Waals surface area contributed by atoms with Crippen LogP contribution < -0.4 is 5.73 Å². The predicted molar refractivity (Wildman–Crippen MR) is 79.4 cm³/mol. The molecular formula is C15H10BrFN2O. The smallest absolute Gasteiger partial charge is 0.230 e. The highest BCUT2D eigenvalue weighted by molar-refractivity contribution is 9.10. The maximum atomic E-state index is 14.0. The molecule has 0 radical (unpaired) electrons. The fourth-order valence-electron chi connectivity index (χ4n) is 2.06. The van der Waals surface area contributed by atoms with E-state index in [2.05, 4.69) is 21.1 Å². The summed E-state index contributed by atoms with van der Waals surface area (Å²) in [5, 5.41) is 3.96. The molecule has 2 N–H and O–H groups in total. The van der Waals surface area contributed by atoms with Crippen molar-refractivity contribution < 1.29 is 8.91 Å². The topological polar surface area (TPSA) is 52.0 Å². The fourth-order valence-corrected chi connectivity index (χ4v) is 2.46. The van der Waals surface area contributed by atoms with Crippen molar-refractivity contribution in [3.63, 3.8) is 0 Å². The molecular weight excluding hydrogens is 323 g/mol. The van der Waals surface area contributed by atoms with Gasteiger partial charge < -0.3 is 10.3 Å². The summed E-state index contributed by atoms with van der Waals surface area (Å²) in [6.07, 6.45) is 0. The van der Waals surface area contributed by atoms with Gasteiger partial charge in [-0.3, -0.25) is 0 Å². The first-order valence-electron chi connectivity index (χ1n) is 5.93. The van der Waals surface area contributed by atoms with Gasteiger partial charge in [0, 0.05) is 15.6 Å². The van der Waals surface area contributed by atoms with Crippen LogP contribution in [-0.2, 0) is 0 Å². The third kappa shape index (κ3) is 2.20. The molecule has 2 aromatic carbocycles. The van der Waals surface area contributed by atoms with Crippen LogP contribution in [0, 0.1) is 5.82 Å². The van der Waals surface area contributed by atoms with Crippen LogP contribution in [0.25, 0.3) is 22.4 Å². The zero-order valence-corrected chi connectivity index (χ0v) is 11.9. The molecule has 0 fully saturated rings. The first-order chi connectivity index (χ1) is 9.66. The van der Waals surface area contributed by atoms with Gasteiger partial charge in [0.05, 0.1) is 5.56 Å². The average Bonchev–Trinajstić information content (AvgIpc) is 2.81. The number of nitrogens with two attached hydrogens (primary N) is 1. The number of rotatable bonds is 2. The van der Waals surface area contributed by atoms with Gasteiger partial charge in [-0.15, -0.1) is 0 Å². The summed E-state index contributed by atoms with van der Waals surface area (Å²) in [4.78, 5) is 0. The third-order valence-electron chi connectivity index (χ3n) is 2.96. The van der Waals surface area contributed by atoms with E-state index in [1.165, 1.54) is 6.07 Å². The first kappa shape index (κ1) is 12.9. The Morgan fingerprint density at radius 1 is 1.10 bits per heavy atom. The second kappa shape index (κ2) is 5.09. The zero-order valence-electron chi connectivity index (χ0n) is 10.3. The largest absolute Gasteiger partial charge is 0.367 e. The van der Waals surface area contributed by atoms with Crippen LogP contribution in [0.4, 0.5) is 10.3 Å². The lowest BCUT2D eigenvalue weighted by atomic mass is 10.0. The molecule has 1 heterocycles. The second-order valence-corrected chi connectivity index (χ2v) is 5.18. The van der Waals surface area contributed by atoms with Crippen molar-refractivity contribution in [3.8, 4) is 22.4 Å².